The van der Waals surface area contributed by atoms with Crippen molar-refractivity contribution in [2.45, 2.75) is 6.42 Å². The number of para-hydroxylation sites is 1. The lowest BCUT2D eigenvalue weighted by molar-refractivity contribution is 0.0767. The van der Waals surface area contributed by atoms with Gasteiger partial charge in [0.15, 0.2) is 11.4 Å². The number of fused-ring (bicyclic) bond motifs is 3. The van der Waals surface area contributed by atoms with Crippen molar-refractivity contribution >= 4 is 40.0 Å². The highest BCUT2D eigenvalue weighted by molar-refractivity contribution is 6.33. The molecule has 0 spiro atoms. The van der Waals surface area contributed by atoms with Crippen LogP contribution in [0.15, 0.2) is 71.3 Å². The summed E-state index contributed by atoms with van der Waals surface area (Å²) >= 11 is 6.28. The maximum absolute atomic E-state index is 13.1. The number of hydrogen-bond donors (Lipinski definition) is 0. The molecule has 34 heavy (non-hydrogen) atoms. The highest BCUT2D eigenvalue weighted by atomic mass is 35.5. The molecule has 1 saturated heterocycles. The first-order chi connectivity index (χ1) is 16.7. The molecule has 0 atom stereocenters. The first-order valence-corrected chi connectivity index (χ1v) is 11.5. The van der Waals surface area contributed by atoms with Crippen LogP contribution in [0.5, 0.6) is 0 Å². The Hall–Kier alpha value is -3.91. The molecule has 4 heterocycles. The van der Waals surface area contributed by atoms with Gasteiger partial charge >= 0.3 is 0 Å². The SMILES string of the molecule is O=C(c1ccccc1Cl)N1CCCN(c2nc3ccccc3c3nnc(-c4ccco4)n23)CC1. The first-order valence-electron chi connectivity index (χ1n) is 11.2. The van der Waals surface area contributed by atoms with E-state index < -0.39 is 0 Å². The third kappa shape index (κ3) is 3.47. The lowest BCUT2D eigenvalue weighted by Gasteiger charge is -2.24. The van der Waals surface area contributed by atoms with Gasteiger partial charge in [0.2, 0.25) is 11.8 Å². The van der Waals surface area contributed by atoms with E-state index in [0.717, 1.165) is 35.5 Å². The van der Waals surface area contributed by atoms with Crippen molar-refractivity contribution in [3.63, 3.8) is 0 Å². The van der Waals surface area contributed by atoms with Crippen LogP contribution in [0.4, 0.5) is 5.95 Å². The minimum Gasteiger partial charge on any atom is -0.461 e. The van der Waals surface area contributed by atoms with Crippen LogP contribution in [-0.4, -0.2) is 56.6 Å². The van der Waals surface area contributed by atoms with Crippen LogP contribution in [0.2, 0.25) is 5.02 Å². The topological polar surface area (TPSA) is 79.8 Å². The van der Waals surface area contributed by atoms with E-state index in [9.17, 15) is 4.79 Å². The largest absolute Gasteiger partial charge is 0.461 e. The number of hydrogen-bond acceptors (Lipinski definition) is 6. The van der Waals surface area contributed by atoms with E-state index in [0.29, 0.717) is 41.8 Å². The minimum atomic E-state index is -0.0513. The molecule has 5 aromatic rings. The predicted octanol–water partition coefficient (Wildman–Crippen LogP) is 4.54. The number of nitrogens with zero attached hydrogens (tertiary/aromatic N) is 6. The average Bonchev–Trinajstić information content (AvgIpc) is 3.48. The molecule has 0 unspecified atom stereocenters. The molecule has 0 bridgehead atoms. The predicted molar refractivity (Wildman–Crippen MR) is 130 cm³/mol. The Morgan fingerprint density at radius 3 is 2.62 bits per heavy atom. The molecule has 170 valence electrons. The fourth-order valence-electron chi connectivity index (χ4n) is 4.47. The van der Waals surface area contributed by atoms with Crippen molar-refractivity contribution in [2.24, 2.45) is 0 Å². The van der Waals surface area contributed by atoms with E-state index >= 15 is 0 Å². The van der Waals surface area contributed by atoms with Crippen molar-refractivity contribution in [1.82, 2.24) is 24.5 Å². The molecular weight excluding hydrogens is 452 g/mol. The third-order valence-corrected chi connectivity index (χ3v) is 6.47. The molecule has 1 fully saturated rings. The van der Waals surface area contributed by atoms with Gasteiger partial charge in [-0.2, -0.15) is 0 Å². The number of carbonyl (C=O) groups is 1. The molecule has 6 rings (SSSR count). The highest BCUT2D eigenvalue weighted by Gasteiger charge is 2.26. The normalized spacial score (nSPS) is 14.6. The third-order valence-electron chi connectivity index (χ3n) is 6.14. The van der Waals surface area contributed by atoms with Crippen molar-refractivity contribution in [3.05, 3.63) is 77.5 Å². The molecule has 0 radical (unpaired) electrons. The average molecular weight is 473 g/mol. The zero-order valence-corrected chi connectivity index (χ0v) is 19.0. The Bertz CT molecular complexity index is 1500. The van der Waals surface area contributed by atoms with Gasteiger partial charge in [0.05, 0.1) is 22.4 Å². The summed E-state index contributed by atoms with van der Waals surface area (Å²) in [5.41, 5.74) is 2.10. The number of anilines is 1. The fraction of sp³-hybridized carbons (Fsp3) is 0.200. The van der Waals surface area contributed by atoms with Gasteiger partial charge in [0.25, 0.3) is 5.91 Å². The molecule has 0 saturated carbocycles. The van der Waals surface area contributed by atoms with Crippen LogP contribution in [-0.2, 0) is 0 Å². The van der Waals surface area contributed by atoms with Crippen LogP contribution in [0, 0.1) is 0 Å². The first kappa shape index (κ1) is 20.7. The summed E-state index contributed by atoms with van der Waals surface area (Å²) in [6, 6.07) is 18.8. The van der Waals surface area contributed by atoms with Crippen LogP contribution < -0.4 is 4.90 Å². The number of carbonyl (C=O) groups excluding carboxylic acids is 1. The molecule has 1 aliphatic heterocycles. The van der Waals surface area contributed by atoms with E-state index in [2.05, 4.69) is 15.1 Å². The van der Waals surface area contributed by atoms with Gasteiger partial charge in [-0.3, -0.25) is 4.79 Å². The Morgan fingerprint density at radius 1 is 0.912 bits per heavy atom. The highest BCUT2D eigenvalue weighted by Crippen LogP contribution is 2.29. The van der Waals surface area contributed by atoms with Crippen molar-refractivity contribution in [2.75, 3.05) is 31.1 Å². The van der Waals surface area contributed by atoms with Crippen molar-refractivity contribution in [1.29, 1.82) is 0 Å². The molecule has 1 amide bonds. The van der Waals surface area contributed by atoms with Gasteiger partial charge in [-0.15, -0.1) is 10.2 Å². The summed E-state index contributed by atoms with van der Waals surface area (Å²) in [6.07, 6.45) is 2.42. The van der Waals surface area contributed by atoms with E-state index in [-0.39, 0.29) is 5.91 Å². The molecule has 0 aliphatic carbocycles. The summed E-state index contributed by atoms with van der Waals surface area (Å²) < 4.78 is 7.59. The molecule has 1 aliphatic rings. The second-order valence-electron chi connectivity index (χ2n) is 8.20. The van der Waals surface area contributed by atoms with Crippen molar-refractivity contribution in [3.8, 4) is 11.6 Å². The number of rotatable bonds is 3. The fourth-order valence-corrected chi connectivity index (χ4v) is 4.69. The number of benzene rings is 2. The Morgan fingerprint density at radius 2 is 1.76 bits per heavy atom. The van der Waals surface area contributed by atoms with E-state index in [1.165, 1.54) is 0 Å². The molecule has 8 nitrogen and oxygen atoms in total. The summed E-state index contributed by atoms with van der Waals surface area (Å²) in [5.74, 6) is 1.90. The van der Waals surface area contributed by atoms with Crippen LogP contribution >= 0.6 is 11.6 Å². The zero-order valence-electron chi connectivity index (χ0n) is 18.3. The standard InChI is InChI=1S/C25H21ClN6O2/c26-19-9-3-1-7-17(19)24(33)30-12-6-13-31(15-14-30)25-27-20-10-4-2-8-18(20)22-28-29-23(32(22)25)21-11-5-16-34-21/h1-5,7-11,16H,6,12-15H2. The maximum atomic E-state index is 13.1. The van der Waals surface area contributed by atoms with Gasteiger partial charge in [0, 0.05) is 31.6 Å². The molecule has 3 aromatic heterocycles. The maximum Gasteiger partial charge on any atom is 0.255 e. The lowest BCUT2D eigenvalue weighted by atomic mass is 10.2. The van der Waals surface area contributed by atoms with Gasteiger partial charge < -0.3 is 14.2 Å². The second kappa shape index (κ2) is 8.46. The van der Waals surface area contributed by atoms with Gasteiger partial charge in [-0.25, -0.2) is 9.38 Å². The summed E-state index contributed by atoms with van der Waals surface area (Å²) in [7, 11) is 0. The molecular formula is C25H21ClN6O2. The number of aromatic nitrogens is 4. The van der Waals surface area contributed by atoms with Crippen molar-refractivity contribution < 1.29 is 9.21 Å². The monoisotopic (exact) mass is 472 g/mol. The summed E-state index contributed by atoms with van der Waals surface area (Å²) in [5, 5.41) is 10.3. The summed E-state index contributed by atoms with van der Waals surface area (Å²) in [4.78, 5) is 22.2. The van der Waals surface area contributed by atoms with Crippen LogP contribution in [0.1, 0.15) is 16.8 Å². The van der Waals surface area contributed by atoms with E-state index in [4.69, 9.17) is 21.0 Å². The molecule has 0 N–H and O–H groups in total. The minimum absolute atomic E-state index is 0.0513. The number of amides is 1. The Kier molecular flexibility index (Phi) is 5.15. The Balaban J connectivity index is 1.39. The van der Waals surface area contributed by atoms with Crippen LogP contribution in [0.3, 0.4) is 0 Å². The van der Waals surface area contributed by atoms with Gasteiger partial charge in [-0.05, 0) is 42.8 Å². The molecule has 2 aromatic carbocycles. The quantitative estimate of drug-likeness (QED) is 0.383. The van der Waals surface area contributed by atoms with Gasteiger partial charge in [-0.1, -0.05) is 35.9 Å². The van der Waals surface area contributed by atoms with Crippen LogP contribution in [0.25, 0.3) is 28.1 Å². The lowest BCUT2D eigenvalue weighted by Crippen LogP contribution is -2.36. The number of furan rings is 1. The number of halogens is 1. The van der Waals surface area contributed by atoms with E-state index in [1.807, 2.05) is 57.8 Å². The van der Waals surface area contributed by atoms with Gasteiger partial charge in [0.1, 0.15) is 0 Å². The Labute approximate surface area is 200 Å². The molecule has 9 heteroatoms. The smallest absolute Gasteiger partial charge is 0.255 e. The summed E-state index contributed by atoms with van der Waals surface area (Å²) in [6.45, 7) is 2.55. The zero-order chi connectivity index (χ0) is 23.1. The second-order valence-corrected chi connectivity index (χ2v) is 8.61. The van der Waals surface area contributed by atoms with E-state index in [1.54, 1.807) is 18.4 Å².